The molecular weight excluding hydrogens is 321 g/mol. The van der Waals surface area contributed by atoms with E-state index in [0.717, 1.165) is 5.56 Å². The van der Waals surface area contributed by atoms with Crippen molar-refractivity contribution in [1.29, 1.82) is 0 Å². The highest BCUT2D eigenvalue weighted by Gasteiger charge is 2.21. The number of nitrogens with one attached hydrogen (secondary N) is 2. The average Bonchev–Trinajstić information content (AvgIpc) is 2.55. The molecule has 0 fully saturated rings. The monoisotopic (exact) mass is 343 g/mol. The maximum Gasteiger partial charge on any atom is 0.253 e. The minimum absolute atomic E-state index is 0.151. The molecule has 132 valence electrons. The summed E-state index contributed by atoms with van der Waals surface area (Å²) in [5.41, 5.74) is 0.655. The number of anilines is 1. The van der Waals surface area contributed by atoms with E-state index in [-0.39, 0.29) is 23.7 Å². The third-order valence-corrected chi connectivity index (χ3v) is 3.67. The first-order valence-electron chi connectivity index (χ1n) is 8.00. The van der Waals surface area contributed by atoms with E-state index in [1.807, 2.05) is 6.92 Å². The van der Waals surface area contributed by atoms with Crippen LogP contribution in [-0.4, -0.2) is 16.8 Å². The molecule has 0 aliphatic carbocycles. The van der Waals surface area contributed by atoms with Gasteiger partial charge < -0.3 is 10.6 Å². The molecule has 1 heterocycles. The maximum absolute atomic E-state index is 13.0. The van der Waals surface area contributed by atoms with Crippen molar-refractivity contribution in [2.24, 2.45) is 5.41 Å². The van der Waals surface area contributed by atoms with Crippen LogP contribution in [0.25, 0.3) is 0 Å². The zero-order valence-electron chi connectivity index (χ0n) is 14.8. The summed E-state index contributed by atoms with van der Waals surface area (Å²) in [6.07, 6.45) is 1.41. The number of benzene rings is 1. The Bertz CT molecular complexity index is 750. The first kappa shape index (κ1) is 18.6. The van der Waals surface area contributed by atoms with Gasteiger partial charge in [0.1, 0.15) is 11.6 Å². The van der Waals surface area contributed by atoms with Gasteiger partial charge in [-0.3, -0.25) is 9.59 Å². The fourth-order valence-electron chi connectivity index (χ4n) is 2.02. The second-order valence-corrected chi connectivity index (χ2v) is 6.88. The Hall–Kier alpha value is -2.76. The molecule has 25 heavy (non-hydrogen) atoms. The topological polar surface area (TPSA) is 71.1 Å². The molecule has 2 aromatic rings. The number of aromatic nitrogens is 1. The van der Waals surface area contributed by atoms with Gasteiger partial charge in [0, 0.05) is 11.6 Å². The zero-order valence-corrected chi connectivity index (χ0v) is 14.8. The molecule has 0 aliphatic heterocycles. The van der Waals surface area contributed by atoms with Crippen LogP contribution in [0, 0.1) is 11.2 Å². The molecular formula is C19H22FN3O2. The van der Waals surface area contributed by atoms with Crippen molar-refractivity contribution in [3.8, 4) is 0 Å². The largest absolute Gasteiger partial charge is 0.345 e. The Kier molecular flexibility index (Phi) is 5.51. The van der Waals surface area contributed by atoms with Gasteiger partial charge in [0.15, 0.2) is 0 Å². The summed E-state index contributed by atoms with van der Waals surface area (Å²) >= 11 is 0. The molecule has 0 bridgehead atoms. The summed E-state index contributed by atoms with van der Waals surface area (Å²) in [7, 11) is 0. The number of nitrogens with zero attached hydrogens (tertiary/aromatic N) is 1. The van der Waals surface area contributed by atoms with Crippen molar-refractivity contribution in [2.75, 3.05) is 5.32 Å². The SMILES string of the molecule is C[C@@H](NC(=O)c1ccc(NC(=O)C(C)(C)C)nc1)c1ccc(F)cc1. The number of amides is 2. The lowest BCUT2D eigenvalue weighted by molar-refractivity contribution is -0.123. The van der Waals surface area contributed by atoms with Crippen LogP contribution < -0.4 is 10.6 Å². The van der Waals surface area contributed by atoms with Crippen molar-refractivity contribution in [1.82, 2.24) is 10.3 Å². The lowest BCUT2D eigenvalue weighted by Crippen LogP contribution is -2.28. The molecule has 1 aromatic heterocycles. The van der Waals surface area contributed by atoms with E-state index in [2.05, 4.69) is 15.6 Å². The third kappa shape index (κ3) is 5.11. The van der Waals surface area contributed by atoms with Crippen molar-refractivity contribution in [3.63, 3.8) is 0 Å². The second kappa shape index (κ2) is 7.42. The van der Waals surface area contributed by atoms with E-state index in [1.165, 1.54) is 18.3 Å². The van der Waals surface area contributed by atoms with Gasteiger partial charge in [0.2, 0.25) is 5.91 Å². The van der Waals surface area contributed by atoms with Crippen LogP contribution in [0.4, 0.5) is 10.2 Å². The Morgan fingerprint density at radius 2 is 1.72 bits per heavy atom. The number of rotatable bonds is 4. The predicted octanol–water partition coefficient (Wildman–Crippen LogP) is 3.70. The Labute approximate surface area is 146 Å². The van der Waals surface area contributed by atoms with Crippen LogP contribution in [0.1, 0.15) is 49.7 Å². The van der Waals surface area contributed by atoms with Crippen molar-refractivity contribution >= 4 is 17.6 Å². The number of halogens is 1. The normalized spacial score (nSPS) is 12.4. The summed E-state index contributed by atoms with van der Waals surface area (Å²) in [6, 6.07) is 8.87. The summed E-state index contributed by atoms with van der Waals surface area (Å²) in [5, 5.41) is 5.53. The molecule has 6 heteroatoms. The number of carbonyl (C=O) groups excluding carboxylic acids is 2. The van der Waals surface area contributed by atoms with E-state index >= 15 is 0 Å². The van der Waals surface area contributed by atoms with Crippen molar-refractivity contribution in [2.45, 2.75) is 33.7 Å². The van der Waals surface area contributed by atoms with Gasteiger partial charge in [0.25, 0.3) is 5.91 Å². The summed E-state index contributed by atoms with van der Waals surface area (Å²) < 4.78 is 13.0. The van der Waals surface area contributed by atoms with Crippen molar-refractivity contribution < 1.29 is 14.0 Å². The van der Waals surface area contributed by atoms with Crippen LogP contribution in [-0.2, 0) is 4.79 Å². The van der Waals surface area contributed by atoms with Crippen LogP contribution >= 0.6 is 0 Å². The second-order valence-electron chi connectivity index (χ2n) is 6.88. The van der Waals surface area contributed by atoms with E-state index < -0.39 is 5.41 Å². The summed E-state index contributed by atoms with van der Waals surface area (Å²) in [4.78, 5) is 28.3. The molecule has 0 spiro atoms. The summed E-state index contributed by atoms with van der Waals surface area (Å²) in [5.74, 6) is -0.373. The molecule has 1 aromatic carbocycles. The highest BCUT2D eigenvalue weighted by molar-refractivity contribution is 5.96. The zero-order chi connectivity index (χ0) is 18.6. The number of hydrogen-bond donors (Lipinski definition) is 2. The average molecular weight is 343 g/mol. The van der Waals surface area contributed by atoms with Gasteiger partial charge in [-0.1, -0.05) is 32.9 Å². The third-order valence-electron chi connectivity index (χ3n) is 3.67. The number of hydrogen-bond acceptors (Lipinski definition) is 3. The fraction of sp³-hybridized carbons (Fsp3) is 0.316. The molecule has 2 N–H and O–H groups in total. The molecule has 0 radical (unpaired) electrons. The van der Waals surface area contributed by atoms with Crippen molar-refractivity contribution in [3.05, 3.63) is 59.5 Å². The van der Waals surface area contributed by atoms with Crippen LogP contribution in [0.5, 0.6) is 0 Å². The highest BCUT2D eigenvalue weighted by atomic mass is 19.1. The van der Waals surface area contributed by atoms with Gasteiger partial charge in [0.05, 0.1) is 11.6 Å². The Balaban J connectivity index is 2.00. The van der Waals surface area contributed by atoms with E-state index in [1.54, 1.807) is 45.0 Å². The molecule has 5 nitrogen and oxygen atoms in total. The fourth-order valence-corrected chi connectivity index (χ4v) is 2.02. The molecule has 0 saturated heterocycles. The summed E-state index contributed by atoms with van der Waals surface area (Å²) in [6.45, 7) is 7.24. The van der Waals surface area contributed by atoms with Gasteiger partial charge in [-0.15, -0.1) is 0 Å². The molecule has 2 rings (SSSR count). The lowest BCUT2D eigenvalue weighted by atomic mass is 9.96. The Morgan fingerprint density at radius 3 is 2.24 bits per heavy atom. The van der Waals surface area contributed by atoms with Gasteiger partial charge in [-0.2, -0.15) is 0 Å². The van der Waals surface area contributed by atoms with Gasteiger partial charge >= 0.3 is 0 Å². The standard InChI is InChI=1S/C19H22FN3O2/c1-12(13-5-8-15(20)9-6-13)22-17(24)14-7-10-16(21-11-14)23-18(25)19(2,3)4/h5-12H,1-4H3,(H,22,24)(H,21,23,25)/t12-/m1/s1. The maximum atomic E-state index is 13.0. The van der Waals surface area contributed by atoms with Crippen LogP contribution in [0.2, 0.25) is 0 Å². The highest BCUT2D eigenvalue weighted by Crippen LogP contribution is 2.17. The molecule has 1 atom stereocenters. The van der Waals surface area contributed by atoms with Crippen LogP contribution in [0.15, 0.2) is 42.6 Å². The van der Waals surface area contributed by atoms with Gasteiger partial charge in [-0.25, -0.2) is 9.37 Å². The predicted molar refractivity (Wildman–Crippen MR) is 94.6 cm³/mol. The van der Waals surface area contributed by atoms with E-state index in [4.69, 9.17) is 0 Å². The Morgan fingerprint density at radius 1 is 1.08 bits per heavy atom. The lowest BCUT2D eigenvalue weighted by Gasteiger charge is -2.17. The molecule has 0 saturated carbocycles. The number of carbonyl (C=O) groups is 2. The van der Waals surface area contributed by atoms with Gasteiger partial charge in [-0.05, 0) is 36.8 Å². The smallest absolute Gasteiger partial charge is 0.253 e. The van der Waals surface area contributed by atoms with E-state index in [9.17, 15) is 14.0 Å². The minimum Gasteiger partial charge on any atom is -0.345 e. The van der Waals surface area contributed by atoms with E-state index in [0.29, 0.717) is 11.4 Å². The molecule has 0 unspecified atom stereocenters. The first-order chi connectivity index (χ1) is 11.7. The van der Waals surface area contributed by atoms with Crippen LogP contribution in [0.3, 0.4) is 0 Å². The first-order valence-corrected chi connectivity index (χ1v) is 8.00. The molecule has 2 amide bonds. The quantitative estimate of drug-likeness (QED) is 0.889. The molecule has 0 aliphatic rings. The number of pyridine rings is 1. The minimum atomic E-state index is -0.525.